The van der Waals surface area contributed by atoms with Crippen molar-refractivity contribution in [1.82, 2.24) is 4.98 Å². The molecule has 0 aliphatic carbocycles. The van der Waals surface area contributed by atoms with Crippen molar-refractivity contribution in [2.45, 2.75) is 20.8 Å². The lowest BCUT2D eigenvalue weighted by molar-refractivity contribution is -0.112. The Balaban J connectivity index is 2.45. The van der Waals surface area contributed by atoms with Gasteiger partial charge in [-0.25, -0.2) is 0 Å². The number of aryl methyl sites for hydroxylation is 1. The summed E-state index contributed by atoms with van der Waals surface area (Å²) in [7, 11) is 0. The minimum Gasteiger partial charge on any atom is -0.357 e. The van der Waals surface area contributed by atoms with Crippen molar-refractivity contribution >= 4 is 22.4 Å². The summed E-state index contributed by atoms with van der Waals surface area (Å²) in [4.78, 5) is 15.6. The van der Waals surface area contributed by atoms with E-state index in [0.717, 1.165) is 28.0 Å². The second-order valence-electron chi connectivity index (χ2n) is 4.39. The maximum Gasteiger partial charge on any atom is 0.154 e. The molecule has 0 aliphatic heterocycles. The summed E-state index contributed by atoms with van der Waals surface area (Å²) in [6, 6.07) is 10.0. The van der Waals surface area contributed by atoms with E-state index in [4.69, 9.17) is 0 Å². The molecule has 1 heterocycles. The molecule has 0 saturated carbocycles. The maximum absolute atomic E-state index is 11.0. The molecule has 2 aromatic rings. The zero-order chi connectivity index (χ0) is 13.1. The Kier molecular flexibility index (Phi) is 3.42. The van der Waals surface area contributed by atoms with E-state index >= 15 is 0 Å². The van der Waals surface area contributed by atoms with Gasteiger partial charge < -0.3 is 5.32 Å². The van der Waals surface area contributed by atoms with Crippen LogP contribution >= 0.6 is 0 Å². The van der Waals surface area contributed by atoms with Gasteiger partial charge in [-0.1, -0.05) is 18.2 Å². The average molecular weight is 240 g/mol. The number of fused-ring (bicyclic) bond motifs is 1. The van der Waals surface area contributed by atoms with Crippen LogP contribution in [0.15, 0.2) is 42.1 Å². The Morgan fingerprint density at radius 2 is 2.00 bits per heavy atom. The van der Waals surface area contributed by atoms with E-state index in [1.54, 1.807) is 6.08 Å². The zero-order valence-corrected chi connectivity index (χ0v) is 10.8. The van der Waals surface area contributed by atoms with Crippen LogP contribution in [0.5, 0.6) is 0 Å². The number of ketones is 1. The topological polar surface area (TPSA) is 42.0 Å². The van der Waals surface area contributed by atoms with Crippen LogP contribution in [0, 0.1) is 6.92 Å². The van der Waals surface area contributed by atoms with Crippen molar-refractivity contribution in [3.63, 3.8) is 0 Å². The van der Waals surface area contributed by atoms with E-state index in [-0.39, 0.29) is 5.78 Å². The van der Waals surface area contributed by atoms with Crippen LogP contribution in [0.1, 0.15) is 19.5 Å². The number of carbonyl (C=O) groups is 1. The molecule has 0 atom stereocenters. The lowest BCUT2D eigenvalue weighted by Gasteiger charge is -2.09. The molecule has 0 spiro atoms. The smallest absolute Gasteiger partial charge is 0.154 e. The molecule has 0 amide bonds. The average Bonchev–Trinajstić information content (AvgIpc) is 2.28. The SMILES string of the molecule is CC(=O)C=C(C)Nc1cccc2ccc(C)nc12. The van der Waals surface area contributed by atoms with Crippen molar-refractivity contribution in [3.05, 3.63) is 47.8 Å². The summed E-state index contributed by atoms with van der Waals surface area (Å²) in [5.74, 6) is 0.0318. The minimum atomic E-state index is 0.0318. The van der Waals surface area contributed by atoms with Gasteiger partial charge in [0.05, 0.1) is 11.2 Å². The molecule has 0 fully saturated rings. The molecule has 3 nitrogen and oxygen atoms in total. The molecule has 0 radical (unpaired) electrons. The van der Waals surface area contributed by atoms with E-state index in [0.29, 0.717) is 0 Å². The fourth-order valence-electron chi connectivity index (χ4n) is 1.90. The summed E-state index contributed by atoms with van der Waals surface area (Å²) < 4.78 is 0. The quantitative estimate of drug-likeness (QED) is 0.835. The van der Waals surface area contributed by atoms with Gasteiger partial charge in [-0.05, 0) is 39.0 Å². The number of anilines is 1. The van der Waals surface area contributed by atoms with Gasteiger partial charge in [0.25, 0.3) is 0 Å². The van der Waals surface area contributed by atoms with Gasteiger partial charge in [-0.15, -0.1) is 0 Å². The van der Waals surface area contributed by atoms with E-state index in [2.05, 4.69) is 10.3 Å². The zero-order valence-electron chi connectivity index (χ0n) is 10.8. The Morgan fingerprint density at radius 3 is 2.72 bits per heavy atom. The molecule has 0 aliphatic rings. The fourth-order valence-corrected chi connectivity index (χ4v) is 1.90. The van der Waals surface area contributed by atoms with E-state index in [9.17, 15) is 4.79 Å². The second kappa shape index (κ2) is 5.00. The number of para-hydroxylation sites is 1. The summed E-state index contributed by atoms with van der Waals surface area (Å²) >= 11 is 0. The first kappa shape index (κ1) is 12.3. The van der Waals surface area contributed by atoms with Gasteiger partial charge >= 0.3 is 0 Å². The highest BCUT2D eigenvalue weighted by atomic mass is 16.1. The van der Waals surface area contributed by atoms with Crippen LogP contribution in [0.4, 0.5) is 5.69 Å². The summed E-state index contributed by atoms with van der Waals surface area (Å²) in [5, 5.41) is 4.31. The van der Waals surface area contributed by atoms with Crippen molar-refractivity contribution in [1.29, 1.82) is 0 Å². The van der Waals surface area contributed by atoms with E-state index in [1.807, 2.05) is 44.2 Å². The minimum absolute atomic E-state index is 0.0318. The van der Waals surface area contributed by atoms with Crippen LogP contribution < -0.4 is 5.32 Å². The highest BCUT2D eigenvalue weighted by Gasteiger charge is 2.03. The number of hydrogen-bond acceptors (Lipinski definition) is 3. The number of nitrogens with one attached hydrogen (secondary N) is 1. The standard InChI is InChI=1S/C15H16N2O/c1-10-7-8-13-5-4-6-14(15(13)17-10)16-11(2)9-12(3)18/h4-9,16H,1-3H3. The van der Waals surface area contributed by atoms with Gasteiger partial charge in [-0.2, -0.15) is 0 Å². The predicted molar refractivity (Wildman–Crippen MR) is 74.5 cm³/mol. The normalized spacial score (nSPS) is 11.6. The van der Waals surface area contributed by atoms with Crippen molar-refractivity contribution in [2.75, 3.05) is 5.32 Å². The van der Waals surface area contributed by atoms with Crippen LogP contribution in [-0.2, 0) is 4.79 Å². The monoisotopic (exact) mass is 240 g/mol. The van der Waals surface area contributed by atoms with Gasteiger partial charge in [0.15, 0.2) is 5.78 Å². The number of hydrogen-bond donors (Lipinski definition) is 1. The maximum atomic E-state index is 11.0. The van der Waals surface area contributed by atoms with E-state index in [1.165, 1.54) is 6.92 Å². The Morgan fingerprint density at radius 1 is 1.22 bits per heavy atom. The molecule has 1 aromatic carbocycles. The molecule has 0 saturated heterocycles. The van der Waals surface area contributed by atoms with Crippen LogP contribution in [0.3, 0.4) is 0 Å². The summed E-state index contributed by atoms with van der Waals surface area (Å²) in [6.45, 7) is 5.38. The number of rotatable bonds is 3. The van der Waals surface area contributed by atoms with E-state index < -0.39 is 0 Å². The highest BCUT2D eigenvalue weighted by molar-refractivity contribution is 5.92. The van der Waals surface area contributed by atoms with Crippen LogP contribution in [-0.4, -0.2) is 10.8 Å². The molecule has 1 N–H and O–H groups in total. The van der Waals surface area contributed by atoms with Gasteiger partial charge in [0.1, 0.15) is 0 Å². The Labute approximate surface area is 107 Å². The van der Waals surface area contributed by atoms with Gasteiger partial charge in [-0.3, -0.25) is 9.78 Å². The molecular formula is C15H16N2O. The molecule has 2 rings (SSSR count). The number of benzene rings is 1. The number of pyridine rings is 1. The first-order valence-electron chi connectivity index (χ1n) is 5.88. The first-order valence-corrected chi connectivity index (χ1v) is 5.88. The lowest BCUT2D eigenvalue weighted by atomic mass is 10.1. The summed E-state index contributed by atoms with van der Waals surface area (Å²) in [6.07, 6.45) is 1.58. The molecule has 92 valence electrons. The number of nitrogens with zero attached hydrogens (tertiary/aromatic N) is 1. The third-order valence-electron chi connectivity index (χ3n) is 2.61. The van der Waals surface area contributed by atoms with Crippen molar-refractivity contribution < 1.29 is 4.79 Å². The predicted octanol–water partition coefficient (Wildman–Crippen LogP) is 3.45. The molecule has 18 heavy (non-hydrogen) atoms. The second-order valence-corrected chi connectivity index (χ2v) is 4.39. The molecular weight excluding hydrogens is 224 g/mol. The number of carbonyl (C=O) groups excluding carboxylic acids is 1. The number of allylic oxidation sites excluding steroid dienone is 2. The lowest BCUT2D eigenvalue weighted by Crippen LogP contribution is -2.00. The highest BCUT2D eigenvalue weighted by Crippen LogP contribution is 2.22. The van der Waals surface area contributed by atoms with Gasteiger partial charge in [0, 0.05) is 16.8 Å². The molecule has 0 unspecified atom stereocenters. The van der Waals surface area contributed by atoms with Gasteiger partial charge in [0.2, 0.25) is 0 Å². The van der Waals surface area contributed by atoms with Crippen molar-refractivity contribution in [2.24, 2.45) is 0 Å². The molecule has 0 bridgehead atoms. The largest absolute Gasteiger partial charge is 0.357 e. The van der Waals surface area contributed by atoms with Crippen molar-refractivity contribution in [3.8, 4) is 0 Å². The fraction of sp³-hybridized carbons (Fsp3) is 0.200. The summed E-state index contributed by atoms with van der Waals surface area (Å²) in [5.41, 5.74) is 3.64. The Bertz CT molecular complexity index is 629. The first-order chi connectivity index (χ1) is 8.56. The van der Waals surface area contributed by atoms with Crippen LogP contribution in [0.2, 0.25) is 0 Å². The molecule has 3 heteroatoms. The van der Waals surface area contributed by atoms with Crippen LogP contribution in [0.25, 0.3) is 10.9 Å². The third kappa shape index (κ3) is 2.74. The Hall–Kier alpha value is -2.16. The molecule has 1 aromatic heterocycles. The number of aromatic nitrogens is 1. The third-order valence-corrected chi connectivity index (χ3v) is 2.61.